The van der Waals surface area contributed by atoms with E-state index < -0.39 is 0 Å². The van der Waals surface area contributed by atoms with Crippen LogP contribution in [0.5, 0.6) is 17.2 Å². The molecule has 3 rings (SSSR count). The van der Waals surface area contributed by atoms with Crippen LogP contribution in [0.15, 0.2) is 66.9 Å². The number of amides is 1. The first-order chi connectivity index (χ1) is 13.1. The van der Waals surface area contributed by atoms with Gasteiger partial charge in [-0.05, 0) is 36.4 Å². The van der Waals surface area contributed by atoms with Gasteiger partial charge in [0.2, 0.25) is 0 Å². The van der Waals surface area contributed by atoms with Crippen molar-refractivity contribution in [2.75, 3.05) is 19.1 Å². The third kappa shape index (κ3) is 4.17. The van der Waals surface area contributed by atoms with Gasteiger partial charge in [-0.3, -0.25) is 14.7 Å². The highest BCUT2D eigenvalue weighted by molar-refractivity contribution is 6.07. The predicted octanol–water partition coefficient (Wildman–Crippen LogP) is 3.65. The van der Waals surface area contributed by atoms with Crippen molar-refractivity contribution in [3.8, 4) is 17.2 Å². The third-order valence-corrected chi connectivity index (χ3v) is 4.06. The van der Waals surface area contributed by atoms with Crippen molar-refractivity contribution < 1.29 is 19.4 Å². The molecule has 0 saturated heterocycles. The van der Waals surface area contributed by atoms with Crippen LogP contribution in [-0.4, -0.2) is 30.2 Å². The lowest BCUT2D eigenvalue weighted by atomic mass is 10.1. The number of benzene rings is 2. The minimum atomic E-state index is -0.306. The number of hydrogen-bond acceptors (Lipinski definition) is 5. The molecule has 6 heteroatoms. The standard InChI is InChI=1S/C21H20N2O4/c1-26-17-11-15(12-18(13-17)27-2)21(25)23(14-16-7-5-6-10-22-16)19-8-3-4-9-20(19)24/h3-13,24H,14H2,1-2H3. The topological polar surface area (TPSA) is 71.9 Å². The summed E-state index contributed by atoms with van der Waals surface area (Å²) in [6.07, 6.45) is 1.66. The van der Waals surface area contributed by atoms with Gasteiger partial charge in [0.25, 0.3) is 5.91 Å². The molecule has 1 aromatic heterocycles. The zero-order chi connectivity index (χ0) is 19.2. The van der Waals surface area contributed by atoms with E-state index in [0.717, 1.165) is 0 Å². The Bertz CT molecular complexity index is 906. The minimum Gasteiger partial charge on any atom is -0.506 e. The van der Waals surface area contributed by atoms with Crippen LogP contribution >= 0.6 is 0 Å². The number of carbonyl (C=O) groups excluding carboxylic acids is 1. The zero-order valence-corrected chi connectivity index (χ0v) is 15.1. The van der Waals surface area contributed by atoms with Gasteiger partial charge in [-0.25, -0.2) is 0 Å². The Kier molecular flexibility index (Phi) is 5.56. The Balaban J connectivity index is 2.05. The van der Waals surface area contributed by atoms with Crippen LogP contribution < -0.4 is 14.4 Å². The molecule has 1 heterocycles. The molecule has 6 nitrogen and oxygen atoms in total. The van der Waals surface area contributed by atoms with E-state index in [-0.39, 0.29) is 18.2 Å². The highest BCUT2D eigenvalue weighted by Crippen LogP contribution is 2.31. The molecule has 27 heavy (non-hydrogen) atoms. The number of anilines is 1. The summed E-state index contributed by atoms with van der Waals surface area (Å²) in [6, 6.07) is 17.1. The van der Waals surface area contributed by atoms with Crippen molar-refractivity contribution in [1.82, 2.24) is 4.98 Å². The molecule has 0 radical (unpaired) electrons. The molecule has 1 amide bonds. The van der Waals surface area contributed by atoms with E-state index in [9.17, 15) is 9.90 Å². The second-order valence-corrected chi connectivity index (χ2v) is 5.80. The first kappa shape index (κ1) is 18.3. The van der Waals surface area contributed by atoms with Crippen LogP contribution in [0.3, 0.4) is 0 Å². The second-order valence-electron chi connectivity index (χ2n) is 5.80. The monoisotopic (exact) mass is 364 g/mol. The number of nitrogens with zero attached hydrogens (tertiary/aromatic N) is 2. The Labute approximate surface area is 157 Å². The number of phenolic OH excluding ortho intramolecular Hbond substituents is 1. The molecule has 0 aliphatic rings. The Morgan fingerprint density at radius 2 is 1.67 bits per heavy atom. The van der Waals surface area contributed by atoms with Crippen LogP contribution in [-0.2, 0) is 6.54 Å². The molecule has 0 atom stereocenters. The van der Waals surface area contributed by atoms with Gasteiger partial charge < -0.3 is 14.6 Å². The molecule has 0 saturated carbocycles. The number of para-hydroxylation sites is 2. The van der Waals surface area contributed by atoms with Gasteiger partial charge in [0, 0.05) is 17.8 Å². The zero-order valence-electron chi connectivity index (χ0n) is 15.1. The van der Waals surface area contributed by atoms with Crippen LogP contribution in [0.2, 0.25) is 0 Å². The molecule has 138 valence electrons. The van der Waals surface area contributed by atoms with Gasteiger partial charge >= 0.3 is 0 Å². The fourth-order valence-corrected chi connectivity index (χ4v) is 2.70. The van der Waals surface area contributed by atoms with E-state index in [4.69, 9.17) is 9.47 Å². The number of aromatic nitrogens is 1. The summed E-state index contributed by atoms with van der Waals surface area (Å²) in [5.74, 6) is 0.719. The number of hydrogen-bond donors (Lipinski definition) is 1. The number of aromatic hydroxyl groups is 1. The number of phenols is 1. The Morgan fingerprint density at radius 1 is 1.00 bits per heavy atom. The second kappa shape index (κ2) is 8.23. The summed E-state index contributed by atoms with van der Waals surface area (Å²) in [5, 5.41) is 10.3. The molecule has 0 aliphatic carbocycles. The van der Waals surface area contributed by atoms with Gasteiger partial charge in [-0.15, -0.1) is 0 Å². The molecule has 0 fully saturated rings. The van der Waals surface area contributed by atoms with Crippen LogP contribution in [0.25, 0.3) is 0 Å². The fraction of sp³-hybridized carbons (Fsp3) is 0.143. The van der Waals surface area contributed by atoms with E-state index >= 15 is 0 Å². The maximum Gasteiger partial charge on any atom is 0.259 e. The molecule has 3 aromatic rings. The summed E-state index contributed by atoms with van der Waals surface area (Å²) >= 11 is 0. The van der Waals surface area contributed by atoms with Crippen molar-refractivity contribution >= 4 is 11.6 Å². The van der Waals surface area contributed by atoms with Crippen molar-refractivity contribution in [3.63, 3.8) is 0 Å². The van der Waals surface area contributed by atoms with Gasteiger partial charge in [-0.1, -0.05) is 18.2 Å². The molecule has 0 aliphatic heterocycles. The number of rotatable bonds is 6. The third-order valence-electron chi connectivity index (χ3n) is 4.06. The highest BCUT2D eigenvalue weighted by Gasteiger charge is 2.22. The van der Waals surface area contributed by atoms with E-state index in [1.807, 2.05) is 18.2 Å². The highest BCUT2D eigenvalue weighted by atomic mass is 16.5. The minimum absolute atomic E-state index is 0.0108. The quantitative estimate of drug-likeness (QED) is 0.723. The van der Waals surface area contributed by atoms with E-state index in [1.54, 1.807) is 48.7 Å². The maximum absolute atomic E-state index is 13.3. The van der Waals surface area contributed by atoms with Gasteiger partial charge in [0.15, 0.2) is 0 Å². The van der Waals surface area contributed by atoms with Crippen molar-refractivity contribution in [1.29, 1.82) is 0 Å². The van der Waals surface area contributed by atoms with E-state index in [2.05, 4.69) is 4.98 Å². The Morgan fingerprint density at radius 3 is 2.26 bits per heavy atom. The van der Waals surface area contributed by atoms with E-state index in [1.165, 1.54) is 19.1 Å². The summed E-state index contributed by atoms with van der Waals surface area (Å²) in [5.41, 5.74) is 1.48. The van der Waals surface area contributed by atoms with Crippen LogP contribution in [0, 0.1) is 0 Å². The molecular weight excluding hydrogens is 344 g/mol. The van der Waals surface area contributed by atoms with Gasteiger partial charge in [0.1, 0.15) is 17.2 Å². The SMILES string of the molecule is COc1cc(OC)cc(C(=O)N(Cc2ccccn2)c2ccccc2O)c1. The van der Waals surface area contributed by atoms with Crippen LogP contribution in [0.4, 0.5) is 5.69 Å². The lowest BCUT2D eigenvalue weighted by molar-refractivity contribution is 0.0983. The summed E-state index contributed by atoms with van der Waals surface area (Å²) < 4.78 is 10.5. The van der Waals surface area contributed by atoms with Gasteiger partial charge in [-0.2, -0.15) is 0 Å². The largest absolute Gasteiger partial charge is 0.506 e. The van der Waals surface area contributed by atoms with Crippen LogP contribution in [0.1, 0.15) is 16.1 Å². The molecule has 0 bridgehead atoms. The fourth-order valence-electron chi connectivity index (χ4n) is 2.70. The number of carbonyl (C=O) groups is 1. The first-order valence-corrected chi connectivity index (χ1v) is 8.35. The summed E-state index contributed by atoms with van der Waals surface area (Å²) in [6.45, 7) is 0.205. The number of methoxy groups -OCH3 is 2. The molecule has 2 aromatic carbocycles. The van der Waals surface area contributed by atoms with Gasteiger partial charge in [0.05, 0.1) is 32.1 Å². The van der Waals surface area contributed by atoms with Crippen molar-refractivity contribution in [3.05, 3.63) is 78.1 Å². The number of ether oxygens (including phenoxy) is 2. The molecule has 0 spiro atoms. The van der Waals surface area contributed by atoms with Crippen molar-refractivity contribution in [2.45, 2.75) is 6.54 Å². The Hall–Kier alpha value is -3.54. The average Bonchev–Trinajstić information content (AvgIpc) is 2.72. The predicted molar refractivity (Wildman–Crippen MR) is 102 cm³/mol. The van der Waals surface area contributed by atoms with E-state index in [0.29, 0.717) is 28.4 Å². The lowest BCUT2D eigenvalue weighted by Crippen LogP contribution is -2.31. The molecule has 1 N–H and O–H groups in total. The number of pyridine rings is 1. The normalized spacial score (nSPS) is 10.3. The molecule has 0 unspecified atom stereocenters. The van der Waals surface area contributed by atoms with Crippen molar-refractivity contribution in [2.24, 2.45) is 0 Å². The average molecular weight is 364 g/mol. The maximum atomic E-state index is 13.3. The summed E-state index contributed by atoms with van der Waals surface area (Å²) in [4.78, 5) is 19.1. The lowest BCUT2D eigenvalue weighted by Gasteiger charge is -2.24. The smallest absolute Gasteiger partial charge is 0.259 e. The summed E-state index contributed by atoms with van der Waals surface area (Å²) in [7, 11) is 3.05. The first-order valence-electron chi connectivity index (χ1n) is 8.35. The molecular formula is C21H20N2O4.